The zero-order chi connectivity index (χ0) is 17.0. The zero-order valence-electron chi connectivity index (χ0n) is 13.6. The summed E-state index contributed by atoms with van der Waals surface area (Å²) in [6.45, 7) is 2.71. The van der Waals surface area contributed by atoms with Gasteiger partial charge in [0.1, 0.15) is 10.6 Å². The molecule has 7 nitrogen and oxygen atoms in total. The lowest BCUT2D eigenvalue weighted by Gasteiger charge is -2.28. The Kier molecular flexibility index (Phi) is 5.83. The summed E-state index contributed by atoms with van der Waals surface area (Å²) in [6, 6.07) is 1.27. The van der Waals surface area contributed by atoms with Crippen LogP contribution in [0.3, 0.4) is 0 Å². The lowest BCUT2D eigenvalue weighted by atomic mass is 9.88. The third kappa shape index (κ3) is 4.55. The molecule has 0 unspecified atom stereocenters. The molecule has 0 aliphatic heterocycles. The van der Waals surface area contributed by atoms with Gasteiger partial charge in [0.25, 0.3) is 5.91 Å². The summed E-state index contributed by atoms with van der Waals surface area (Å²) in [5, 5.41) is 0. The standard InChI is InChI=1S/C15H25N3O4S/c1-11-5-3-4-6-14(11)22-8-7-17-23(20,21)12-9-13(15(16)19)18(2)10-12/h9-11,14,17H,3-8H2,1-2H3,(H2,16,19)/t11-,14-/m1/s1. The predicted molar refractivity (Wildman–Crippen MR) is 86.5 cm³/mol. The third-order valence-corrected chi connectivity index (χ3v) is 5.73. The van der Waals surface area contributed by atoms with Crippen LogP contribution < -0.4 is 10.5 Å². The normalized spacial score (nSPS) is 22.2. The van der Waals surface area contributed by atoms with E-state index in [0.29, 0.717) is 12.5 Å². The first-order valence-electron chi connectivity index (χ1n) is 7.88. The average molecular weight is 343 g/mol. The molecule has 1 aromatic rings. The van der Waals surface area contributed by atoms with Crippen molar-refractivity contribution in [3.63, 3.8) is 0 Å². The number of hydrogen-bond donors (Lipinski definition) is 2. The molecule has 130 valence electrons. The molecule has 1 heterocycles. The second-order valence-electron chi connectivity index (χ2n) is 6.10. The number of aryl methyl sites for hydroxylation is 1. The molecule has 3 N–H and O–H groups in total. The smallest absolute Gasteiger partial charge is 0.265 e. The van der Waals surface area contributed by atoms with Crippen LogP contribution in [0.4, 0.5) is 0 Å². The summed E-state index contributed by atoms with van der Waals surface area (Å²) in [6.07, 6.45) is 6.19. The Hall–Kier alpha value is -1.38. The number of rotatable bonds is 7. The fourth-order valence-corrected chi connectivity index (χ4v) is 4.01. The van der Waals surface area contributed by atoms with Crippen LogP contribution in [-0.4, -0.2) is 38.1 Å². The van der Waals surface area contributed by atoms with E-state index in [-0.39, 0.29) is 23.2 Å². The van der Waals surface area contributed by atoms with Crippen LogP contribution in [0.25, 0.3) is 0 Å². The lowest BCUT2D eigenvalue weighted by Crippen LogP contribution is -2.31. The molecule has 1 fully saturated rings. The van der Waals surface area contributed by atoms with E-state index in [4.69, 9.17) is 10.5 Å². The molecule has 2 rings (SSSR count). The van der Waals surface area contributed by atoms with Crippen molar-refractivity contribution in [2.75, 3.05) is 13.2 Å². The SMILES string of the molecule is C[C@@H]1CCCC[C@H]1OCCNS(=O)(=O)c1cc(C(N)=O)n(C)c1. The molecule has 1 aliphatic rings. The first-order chi connectivity index (χ1) is 10.8. The van der Waals surface area contributed by atoms with Gasteiger partial charge in [0, 0.05) is 19.8 Å². The molecule has 0 radical (unpaired) electrons. The number of amides is 1. The molecule has 23 heavy (non-hydrogen) atoms. The molecule has 1 amide bonds. The van der Waals surface area contributed by atoms with Crippen molar-refractivity contribution in [1.82, 2.24) is 9.29 Å². The Morgan fingerprint density at radius 1 is 1.43 bits per heavy atom. The molecule has 0 saturated heterocycles. The summed E-state index contributed by atoms with van der Waals surface area (Å²) in [5.41, 5.74) is 5.34. The fourth-order valence-electron chi connectivity index (χ4n) is 2.93. The summed E-state index contributed by atoms with van der Waals surface area (Å²) < 4.78 is 34.1. The summed E-state index contributed by atoms with van der Waals surface area (Å²) >= 11 is 0. The highest BCUT2D eigenvalue weighted by atomic mass is 32.2. The second kappa shape index (κ2) is 7.46. The number of nitrogens with two attached hydrogens (primary N) is 1. The molecule has 2 atom stereocenters. The molecule has 0 spiro atoms. The van der Waals surface area contributed by atoms with Gasteiger partial charge in [-0.3, -0.25) is 4.79 Å². The van der Waals surface area contributed by atoms with E-state index in [1.54, 1.807) is 7.05 Å². The van der Waals surface area contributed by atoms with Crippen molar-refractivity contribution in [2.45, 2.75) is 43.6 Å². The molecule has 0 aromatic carbocycles. The number of ether oxygens (including phenoxy) is 1. The number of carbonyl (C=O) groups excluding carboxylic acids is 1. The van der Waals surface area contributed by atoms with E-state index >= 15 is 0 Å². The fraction of sp³-hybridized carbons (Fsp3) is 0.667. The zero-order valence-corrected chi connectivity index (χ0v) is 14.4. The Labute approximate surface area is 137 Å². The van der Waals surface area contributed by atoms with Gasteiger partial charge in [-0.2, -0.15) is 0 Å². The van der Waals surface area contributed by atoms with Crippen LogP contribution in [0.15, 0.2) is 17.2 Å². The maximum absolute atomic E-state index is 12.2. The van der Waals surface area contributed by atoms with Crippen molar-refractivity contribution >= 4 is 15.9 Å². The van der Waals surface area contributed by atoms with E-state index < -0.39 is 15.9 Å². The van der Waals surface area contributed by atoms with Crippen molar-refractivity contribution in [2.24, 2.45) is 18.7 Å². The molecule has 1 aliphatic carbocycles. The van der Waals surface area contributed by atoms with Crippen LogP contribution in [0, 0.1) is 5.92 Å². The van der Waals surface area contributed by atoms with Gasteiger partial charge < -0.3 is 15.0 Å². The second-order valence-corrected chi connectivity index (χ2v) is 7.87. The number of sulfonamides is 1. The number of nitrogens with one attached hydrogen (secondary N) is 1. The minimum absolute atomic E-state index is 0.0276. The van der Waals surface area contributed by atoms with Crippen molar-refractivity contribution in [1.29, 1.82) is 0 Å². The lowest BCUT2D eigenvalue weighted by molar-refractivity contribution is -0.00176. The summed E-state index contributed by atoms with van der Waals surface area (Å²) in [5.74, 6) is -0.142. The van der Waals surface area contributed by atoms with Gasteiger partial charge in [0.2, 0.25) is 10.0 Å². The Balaban J connectivity index is 1.86. The Morgan fingerprint density at radius 2 is 2.13 bits per heavy atom. The average Bonchev–Trinajstić information content (AvgIpc) is 2.88. The number of nitrogens with zero attached hydrogens (tertiary/aromatic N) is 1. The van der Waals surface area contributed by atoms with Gasteiger partial charge in [-0.15, -0.1) is 0 Å². The number of carbonyl (C=O) groups is 1. The van der Waals surface area contributed by atoms with Crippen LogP contribution in [0.1, 0.15) is 43.1 Å². The largest absolute Gasteiger partial charge is 0.377 e. The summed E-state index contributed by atoms with van der Waals surface area (Å²) in [7, 11) is -2.09. The van der Waals surface area contributed by atoms with Crippen LogP contribution in [-0.2, 0) is 21.8 Å². The minimum atomic E-state index is -3.67. The molecular formula is C15H25N3O4S. The topological polar surface area (TPSA) is 103 Å². The van der Waals surface area contributed by atoms with Crippen molar-refractivity contribution in [3.8, 4) is 0 Å². The van der Waals surface area contributed by atoms with Crippen LogP contribution in [0.5, 0.6) is 0 Å². The maximum atomic E-state index is 12.2. The quantitative estimate of drug-likeness (QED) is 0.721. The van der Waals surface area contributed by atoms with Crippen LogP contribution in [0.2, 0.25) is 0 Å². The van der Waals surface area contributed by atoms with Crippen molar-refractivity contribution < 1.29 is 17.9 Å². The van der Waals surface area contributed by atoms with Gasteiger partial charge >= 0.3 is 0 Å². The predicted octanol–water partition coefficient (Wildman–Crippen LogP) is 0.998. The molecule has 8 heteroatoms. The Bertz CT molecular complexity index is 654. The summed E-state index contributed by atoms with van der Waals surface area (Å²) in [4.78, 5) is 11.2. The number of primary amides is 1. The van der Waals surface area contributed by atoms with Crippen LogP contribution >= 0.6 is 0 Å². The highest BCUT2D eigenvalue weighted by Gasteiger charge is 2.22. The Morgan fingerprint density at radius 3 is 2.74 bits per heavy atom. The van der Waals surface area contributed by atoms with E-state index in [0.717, 1.165) is 12.8 Å². The van der Waals surface area contributed by atoms with Gasteiger partial charge in [-0.1, -0.05) is 19.8 Å². The van der Waals surface area contributed by atoms with Gasteiger partial charge in [-0.25, -0.2) is 13.1 Å². The van der Waals surface area contributed by atoms with E-state index in [9.17, 15) is 13.2 Å². The first kappa shape index (κ1) is 18.0. The van der Waals surface area contributed by atoms with Gasteiger partial charge in [0.05, 0.1) is 12.7 Å². The third-order valence-electron chi connectivity index (χ3n) is 4.30. The molecular weight excluding hydrogens is 318 g/mol. The van der Waals surface area contributed by atoms with Gasteiger partial charge in [-0.05, 0) is 24.8 Å². The van der Waals surface area contributed by atoms with Crippen molar-refractivity contribution in [3.05, 3.63) is 18.0 Å². The van der Waals surface area contributed by atoms with E-state index in [1.807, 2.05) is 0 Å². The van der Waals surface area contributed by atoms with Gasteiger partial charge in [0.15, 0.2) is 0 Å². The minimum Gasteiger partial charge on any atom is -0.377 e. The highest BCUT2D eigenvalue weighted by Crippen LogP contribution is 2.26. The highest BCUT2D eigenvalue weighted by molar-refractivity contribution is 7.89. The number of hydrogen-bond acceptors (Lipinski definition) is 4. The van der Waals surface area contributed by atoms with E-state index in [2.05, 4.69) is 11.6 Å². The monoisotopic (exact) mass is 343 g/mol. The first-order valence-corrected chi connectivity index (χ1v) is 9.37. The van der Waals surface area contributed by atoms with E-state index in [1.165, 1.54) is 29.7 Å². The molecule has 0 bridgehead atoms. The number of aromatic nitrogens is 1. The molecule has 1 aromatic heterocycles. The maximum Gasteiger partial charge on any atom is 0.265 e. The molecule has 1 saturated carbocycles.